The van der Waals surface area contributed by atoms with Crippen LogP contribution in [-0.4, -0.2) is 60.7 Å². The number of ether oxygens (including phenoxy) is 1. The molecule has 3 saturated heterocycles. The van der Waals surface area contributed by atoms with Gasteiger partial charge in [-0.3, -0.25) is 9.69 Å². The van der Waals surface area contributed by atoms with Gasteiger partial charge >= 0.3 is 0 Å². The highest BCUT2D eigenvalue weighted by Crippen LogP contribution is 2.32. The van der Waals surface area contributed by atoms with Crippen molar-refractivity contribution in [1.29, 1.82) is 0 Å². The van der Waals surface area contributed by atoms with Crippen LogP contribution >= 0.6 is 0 Å². The Bertz CT molecular complexity index is 918. The second-order valence-electron chi connectivity index (χ2n) is 8.29. The number of aromatic nitrogens is 1. The largest absolute Gasteiger partial charge is 0.485 e. The molecule has 3 aliphatic rings. The molecular formula is C23H27FN4O2. The van der Waals surface area contributed by atoms with Crippen LogP contribution in [0.4, 0.5) is 15.9 Å². The first-order valence-electron chi connectivity index (χ1n) is 10.9. The summed E-state index contributed by atoms with van der Waals surface area (Å²) in [5.41, 5.74) is 0.377. The molecule has 2 aromatic rings. The summed E-state index contributed by atoms with van der Waals surface area (Å²) >= 11 is 0. The maximum absolute atomic E-state index is 14.2. The molecule has 0 aliphatic carbocycles. The summed E-state index contributed by atoms with van der Waals surface area (Å²) < 4.78 is 20.5. The maximum Gasteiger partial charge on any atom is 0.244 e. The molecule has 0 spiro atoms. The van der Waals surface area contributed by atoms with Crippen molar-refractivity contribution in [2.45, 2.75) is 37.8 Å². The fourth-order valence-electron chi connectivity index (χ4n) is 4.87. The van der Waals surface area contributed by atoms with Crippen LogP contribution in [0.1, 0.15) is 25.7 Å². The average molecular weight is 410 g/mol. The summed E-state index contributed by atoms with van der Waals surface area (Å²) in [4.78, 5) is 23.6. The Balaban J connectivity index is 1.24. The lowest BCUT2D eigenvalue weighted by molar-refractivity contribution is -0.121. The molecule has 158 valence electrons. The normalized spacial score (nSPS) is 24.8. The lowest BCUT2D eigenvalue weighted by atomic mass is 10.2. The van der Waals surface area contributed by atoms with Gasteiger partial charge in [0.15, 0.2) is 11.6 Å². The van der Waals surface area contributed by atoms with E-state index in [4.69, 9.17) is 4.74 Å². The summed E-state index contributed by atoms with van der Waals surface area (Å²) in [6.45, 7) is 4.11. The zero-order valence-corrected chi connectivity index (χ0v) is 17.0. The second-order valence-corrected chi connectivity index (χ2v) is 8.29. The Morgan fingerprint density at radius 1 is 1.00 bits per heavy atom. The van der Waals surface area contributed by atoms with E-state index >= 15 is 0 Å². The molecule has 3 aliphatic heterocycles. The highest BCUT2D eigenvalue weighted by molar-refractivity contribution is 5.99. The van der Waals surface area contributed by atoms with Gasteiger partial charge in [-0.05, 0) is 49.9 Å². The first kappa shape index (κ1) is 19.3. The lowest BCUT2D eigenvalue weighted by Gasteiger charge is -2.24. The van der Waals surface area contributed by atoms with Crippen molar-refractivity contribution < 1.29 is 13.9 Å². The number of carbonyl (C=O) groups excluding carboxylic acids is 1. The van der Waals surface area contributed by atoms with Gasteiger partial charge in [0.25, 0.3) is 0 Å². The van der Waals surface area contributed by atoms with Gasteiger partial charge in [-0.2, -0.15) is 0 Å². The van der Waals surface area contributed by atoms with E-state index in [2.05, 4.69) is 14.8 Å². The van der Waals surface area contributed by atoms with Gasteiger partial charge in [0.2, 0.25) is 5.91 Å². The van der Waals surface area contributed by atoms with Crippen molar-refractivity contribution in [2.24, 2.45) is 0 Å². The highest BCUT2D eigenvalue weighted by Gasteiger charge is 2.40. The minimum atomic E-state index is -0.347. The molecule has 2 atom stereocenters. The van der Waals surface area contributed by atoms with Gasteiger partial charge in [0, 0.05) is 38.9 Å². The molecule has 5 rings (SSSR count). The van der Waals surface area contributed by atoms with E-state index in [0.717, 1.165) is 37.6 Å². The summed E-state index contributed by atoms with van der Waals surface area (Å²) in [5.74, 6) is 1.40. The number of para-hydroxylation sites is 1. The van der Waals surface area contributed by atoms with Gasteiger partial charge in [-0.1, -0.05) is 12.1 Å². The van der Waals surface area contributed by atoms with Crippen LogP contribution in [-0.2, 0) is 4.79 Å². The fourth-order valence-corrected chi connectivity index (χ4v) is 4.87. The smallest absolute Gasteiger partial charge is 0.244 e. The van der Waals surface area contributed by atoms with Crippen molar-refractivity contribution in [3.05, 3.63) is 48.4 Å². The summed E-state index contributed by atoms with van der Waals surface area (Å²) in [7, 11) is 0. The fraction of sp³-hybridized carbons (Fsp3) is 0.478. The molecule has 4 heterocycles. The lowest BCUT2D eigenvalue weighted by Crippen LogP contribution is -2.41. The van der Waals surface area contributed by atoms with E-state index in [1.165, 1.54) is 18.9 Å². The third-order valence-corrected chi connectivity index (χ3v) is 6.39. The number of rotatable bonds is 5. The van der Waals surface area contributed by atoms with Crippen molar-refractivity contribution in [3.63, 3.8) is 0 Å². The number of anilines is 2. The number of hydrogen-bond acceptors (Lipinski definition) is 5. The van der Waals surface area contributed by atoms with Gasteiger partial charge in [-0.15, -0.1) is 0 Å². The monoisotopic (exact) mass is 410 g/mol. The van der Waals surface area contributed by atoms with E-state index in [1.807, 2.05) is 18.3 Å². The molecule has 0 saturated carbocycles. The van der Waals surface area contributed by atoms with Gasteiger partial charge in [-0.25, -0.2) is 9.37 Å². The predicted octanol–water partition coefficient (Wildman–Crippen LogP) is 3.08. The van der Waals surface area contributed by atoms with E-state index < -0.39 is 0 Å². The average Bonchev–Trinajstić information content (AvgIpc) is 3.51. The SMILES string of the molecule is O=C1[C@H](N2CC[C@H](Oc3cccnc3N3CCCC3)C2)CCN1c1ccccc1F. The molecule has 0 bridgehead atoms. The standard InChI is InChI=1S/C23H27FN4O2/c24-18-6-1-2-7-19(18)28-15-10-20(23(28)29)27-14-9-17(16-27)30-21-8-5-11-25-22(21)26-12-3-4-13-26/h1-2,5-8,11,17,20H,3-4,9-10,12-16H2/t17-,20+/m0/s1. The molecule has 1 amide bonds. The van der Waals surface area contributed by atoms with Crippen molar-refractivity contribution >= 4 is 17.4 Å². The van der Waals surface area contributed by atoms with Crippen molar-refractivity contribution in [2.75, 3.05) is 42.5 Å². The number of halogens is 1. The molecule has 1 aromatic carbocycles. The summed E-state index contributed by atoms with van der Waals surface area (Å²) in [5, 5.41) is 0. The topological polar surface area (TPSA) is 48.9 Å². The quantitative estimate of drug-likeness (QED) is 0.758. The third kappa shape index (κ3) is 3.62. The van der Waals surface area contributed by atoms with Crippen LogP contribution in [0.2, 0.25) is 0 Å². The van der Waals surface area contributed by atoms with E-state index in [9.17, 15) is 9.18 Å². The Labute approximate surface area is 176 Å². The molecule has 1 aromatic heterocycles. The molecule has 0 radical (unpaired) electrons. The predicted molar refractivity (Wildman–Crippen MR) is 113 cm³/mol. The van der Waals surface area contributed by atoms with Crippen molar-refractivity contribution in [1.82, 2.24) is 9.88 Å². The van der Waals surface area contributed by atoms with Crippen LogP contribution in [0, 0.1) is 5.82 Å². The van der Waals surface area contributed by atoms with Gasteiger partial charge in [0.1, 0.15) is 11.9 Å². The second kappa shape index (κ2) is 8.22. The van der Waals surface area contributed by atoms with Gasteiger partial charge < -0.3 is 14.5 Å². The Morgan fingerprint density at radius 2 is 1.83 bits per heavy atom. The Hall–Kier alpha value is -2.67. The minimum absolute atomic E-state index is 0.0140. The molecule has 0 unspecified atom stereocenters. The third-order valence-electron chi connectivity index (χ3n) is 6.39. The summed E-state index contributed by atoms with van der Waals surface area (Å²) in [6.07, 6.45) is 5.82. The van der Waals surface area contributed by atoms with E-state index in [0.29, 0.717) is 25.2 Å². The highest BCUT2D eigenvalue weighted by atomic mass is 19.1. The number of hydrogen-bond donors (Lipinski definition) is 0. The van der Waals surface area contributed by atoms with Crippen LogP contribution in [0.15, 0.2) is 42.6 Å². The number of benzene rings is 1. The van der Waals surface area contributed by atoms with Crippen LogP contribution in [0.5, 0.6) is 5.75 Å². The number of nitrogens with zero attached hydrogens (tertiary/aromatic N) is 4. The number of carbonyl (C=O) groups is 1. The number of pyridine rings is 1. The van der Waals surface area contributed by atoms with Gasteiger partial charge in [0.05, 0.1) is 11.7 Å². The molecule has 6 nitrogen and oxygen atoms in total. The van der Waals surface area contributed by atoms with Crippen molar-refractivity contribution in [3.8, 4) is 5.75 Å². The number of amides is 1. The summed E-state index contributed by atoms with van der Waals surface area (Å²) in [6, 6.07) is 10.2. The van der Waals surface area contributed by atoms with Crippen LogP contribution < -0.4 is 14.5 Å². The first-order valence-corrected chi connectivity index (χ1v) is 10.9. The zero-order chi connectivity index (χ0) is 20.5. The molecular weight excluding hydrogens is 383 g/mol. The van der Waals surface area contributed by atoms with E-state index in [-0.39, 0.29) is 23.9 Å². The van der Waals surface area contributed by atoms with Crippen LogP contribution in [0.3, 0.4) is 0 Å². The zero-order valence-electron chi connectivity index (χ0n) is 17.0. The minimum Gasteiger partial charge on any atom is -0.485 e. The molecule has 0 N–H and O–H groups in total. The Morgan fingerprint density at radius 3 is 2.67 bits per heavy atom. The molecule has 30 heavy (non-hydrogen) atoms. The number of likely N-dealkylation sites (tertiary alicyclic amines) is 1. The Kier molecular flexibility index (Phi) is 5.29. The van der Waals surface area contributed by atoms with Crippen LogP contribution in [0.25, 0.3) is 0 Å². The molecule has 3 fully saturated rings. The maximum atomic E-state index is 14.2. The first-order chi connectivity index (χ1) is 14.7. The van der Waals surface area contributed by atoms with E-state index in [1.54, 1.807) is 23.1 Å². The molecule has 7 heteroatoms.